The fraction of sp³-hybridized carbons (Fsp3) is 0.176. The van der Waals surface area contributed by atoms with Crippen molar-refractivity contribution in [3.63, 3.8) is 0 Å². The topological polar surface area (TPSA) is 60.7 Å². The minimum absolute atomic E-state index is 0.0333. The van der Waals surface area contributed by atoms with Crippen molar-refractivity contribution >= 4 is 39.8 Å². The standard InChI is InChI=1S/C34H30N4OS2/c1-21(2)38-33(28-19-30(31-11-8-16-40-31)35-29-18-23(4)22(3)17-27(28)29)36-37-34(38)41-20-24-12-14-26(15-13-24)32(39)25-9-6-5-7-10-25/h5-19,21H,20H2,1-4H3. The first-order valence-corrected chi connectivity index (χ1v) is 15.5. The van der Waals surface area contributed by atoms with Crippen LogP contribution >= 0.6 is 23.1 Å². The van der Waals surface area contributed by atoms with Crippen molar-refractivity contribution in [3.05, 3.63) is 118 Å². The zero-order chi connectivity index (χ0) is 28.5. The van der Waals surface area contributed by atoms with Crippen LogP contribution in [0.5, 0.6) is 0 Å². The van der Waals surface area contributed by atoms with Crippen molar-refractivity contribution in [1.82, 2.24) is 19.7 Å². The Labute approximate surface area is 248 Å². The van der Waals surface area contributed by atoms with E-state index in [1.807, 2.05) is 54.6 Å². The van der Waals surface area contributed by atoms with Gasteiger partial charge in [0.25, 0.3) is 0 Å². The molecule has 0 saturated heterocycles. The molecule has 6 rings (SSSR count). The van der Waals surface area contributed by atoms with E-state index in [1.54, 1.807) is 23.1 Å². The predicted molar refractivity (Wildman–Crippen MR) is 170 cm³/mol. The zero-order valence-electron chi connectivity index (χ0n) is 23.5. The minimum atomic E-state index is 0.0333. The summed E-state index contributed by atoms with van der Waals surface area (Å²) < 4.78 is 2.22. The number of carbonyl (C=O) groups is 1. The maximum atomic E-state index is 12.8. The highest BCUT2D eigenvalue weighted by Crippen LogP contribution is 2.37. The second-order valence-electron chi connectivity index (χ2n) is 10.4. The fourth-order valence-corrected chi connectivity index (χ4v) is 6.61. The number of aryl methyl sites for hydroxylation is 2. The molecule has 0 unspecified atom stereocenters. The molecule has 204 valence electrons. The van der Waals surface area contributed by atoms with E-state index >= 15 is 0 Å². The van der Waals surface area contributed by atoms with Gasteiger partial charge < -0.3 is 0 Å². The van der Waals surface area contributed by atoms with Gasteiger partial charge in [-0.2, -0.15) is 0 Å². The van der Waals surface area contributed by atoms with Crippen LogP contribution in [0.4, 0.5) is 0 Å². The summed E-state index contributed by atoms with van der Waals surface area (Å²) in [6, 6.07) is 28.1. The van der Waals surface area contributed by atoms with Crippen molar-refractivity contribution in [2.24, 2.45) is 0 Å². The first-order valence-electron chi connectivity index (χ1n) is 13.6. The van der Waals surface area contributed by atoms with Crippen LogP contribution < -0.4 is 0 Å². The maximum Gasteiger partial charge on any atom is 0.193 e. The van der Waals surface area contributed by atoms with Crippen LogP contribution in [0.25, 0.3) is 32.9 Å². The molecule has 0 bridgehead atoms. The quantitative estimate of drug-likeness (QED) is 0.134. The van der Waals surface area contributed by atoms with Crippen LogP contribution in [-0.4, -0.2) is 25.5 Å². The summed E-state index contributed by atoms with van der Waals surface area (Å²) in [6.45, 7) is 8.60. The van der Waals surface area contributed by atoms with Gasteiger partial charge in [-0.3, -0.25) is 9.36 Å². The molecule has 3 heterocycles. The molecular formula is C34H30N4OS2. The lowest BCUT2D eigenvalue weighted by Crippen LogP contribution is -2.06. The van der Waals surface area contributed by atoms with Crippen molar-refractivity contribution < 1.29 is 4.79 Å². The number of rotatable bonds is 8. The summed E-state index contributed by atoms with van der Waals surface area (Å²) in [5.74, 6) is 1.60. The van der Waals surface area contributed by atoms with Crippen LogP contribution in [0.3, 0.4) is 0 Å². The number of hydrogen-bond acceptors (Lipinski definition) is 6. The monoisotopic (exact) mass is 574 g/mol. The first-order chi connectivity index (χ1) is 19.9. The van der Waals surface area contributed by atoms with Crippen molar-refractivity contribution in [3.8, 4) is 22.0 Å². The maximum absolute atomic E-state index is 12.8. The molecule has 0 aliphatic heterocycles. The van der Waals surface area contributed by atoms with Gasteiger partial charge in [0.15, 0.2) is 16.8 Å². The Morgan fingerprint density at radius 2 is 1.61 bits per heavy atom. The van der Waals surface area contributed by atoms with Crippen LogP contribution in [-0.2, 0) is 5.75 Å². The summed E-state index contributed by atoms with van der Waals surface area (Å²) >= 11 is 3.35. The number of carbonyl (C=O) groups excluding carboxylic acids is 1. The highest BCUT2D eigenvalue weighted by Gasteiger charge is 2.21. The van der Waals surface area contributed by atoms with E-state index in [9.17, 15) is 4.79 Å². The third kappa shape index (κ3) is 5.47. The van der Waals surface area contributed by atoms with E-state index < -0.39 is 0 Å². The van der Waals surface area contributed by atoms with Gasteiger partial charge in [-0.25, -0.2) is 4.98 Å². The molecule has 0 atom stereocenters. The van der Waals surface area contributed by atoms with E-state index in [1.165, 1.54) is 11.1 Å². The molecule has 6 aromatic rings. The molecule has 0 aliphatic rings. The second-order valence-corrected chi connectivity index (χ2v) is 12.3. The molecular weight excluding hydrogens is 545 g/mol. The zero-order valence-corrected chi connectivity index (χ0v) is 25.1. The lowest BCUT2D eigenvalue weighted by atomic mass is 10.0. The first kappa shape index (κ1) is 27.1. The molecule has 0 radical (unpaired) electrons. The van der Waals surface area contributed by atoms with E-state index in [-0.39, 0.29) is 11.8 Å². The van der Waals surface area contributed by atoms with Crippen LogP contribution in [0.15, 0.2) is 95.5 Å². The van der Waals surface area contributed by atoms with Crippen molar-refractivity contribution in [2.75, 3.05) is 0 Å². The Morgan fingerprint density at radius 1 is 0.878 bits per heavy atom. The van der Waals surface area contributed by atoms with Crippen LogP contribution in [0.1, 0.15) is 52.5 Å². The number of benzene rings is 3. The Kier molecular flexibility index (Phi) is 7.56. The van der Waals surface area contributed by atoms with E-state index in [4.69, 9.17) is 10.1 Å². The highest BCUT2D eigenvalue weighted by molar-refractivity contribution is 7.98. The Morgan fingerprint density at radius 3 is 2.32 bits per heavy atom. The number of thioether (sulfide) groups is 1. The third-order valence-corrected chi connectivity index (χ3v) is 9.15. The van der Waals surface area contributed by atoms with Gasteiger partial charge >= 0.3 is 0 Å². The molecule has 0 N–H and O–H groups in total. The third-order valence-electron chi connectivity index (χ3n) is 7.24. The smallest absolute Gasteiger partial charge is 0.193 e. The van der Waals surface area contributed by atoms with Gasteiger partial charge in [-0.15, -0.1) is 21.5 Å². The number of ketones is 1. The fourth-order valence-electron chi connectivity index (χ4n) is 4.90. The largest absolute Gasteiger partial charge is 0.299 e. The number of fused-ring (bicyclic) bond motifs is 1. The number of pyridine rings is 1. The summed E-state index contributed by atoms with van der Waals surface area (Å²) in [5, 5.41) is 13.4. The highest BCUT2D eigenvalue weighted by atomic mass is 32.2. The minimum Gasteiger partial charge on any atom is -0.299 e. The summed E-state index contributed by atoms with van der Waals surface area (Å²) in [6.07, 6.45) is 0. The molecule has 41 heavy (non-hydrogen) atoms. The lowest BCUT2D eigenvalue weighted by Gasteiger charge is -2.16. The molecule has 5 nitrogen and oxygen atoms in total. The predicted octanol–water partition coefficient (Wildman–Crippen LogP) is 8.94. The SMILES string of the molecule is Cc1cc2nc(-c3cccs3)cc(-c3nnc(SCc4ccc(C(=O)c5ccccc5)cc4)n3C(C)C)c2cc1C. The van der Waals surface area contributed by atoms with E-state index in [0.717, 1.165) is 49.3 Å². The molecule has 0 spiro atoms. The van der Waals surface area contributed by atoms with Gasteiger partial charge in [-0.05, 0) is 74.0 Å². The lowest BCUT2D eigenvalue weighted by molar-refractivity contribution is 0.103. The van der Waals surface area contributed by atoms with Crippen molar-refractivity contribution in [1.29, 1.82) is 0 Å². The summed E-state index contributed by atoms with van der Waals surface area (Å²) in [7, 11) is 0. The van der Waals surface area contributed by atoms with E-state index in [0.29, 0.717) is 11.1 Å². The Balaban J connectivity index is 1.33. The van der Waals surface area contributed by atoms with Gasteiger partial charge in [0.1, 0.15) is 0 Å². The van der Waals surface area contributed by atoms with Gasteiger partial charge in [0.05, 0.1) is 16.1 Å². The van der Waals surface area contributed by atoms with Gasteiger partial charge in [0.2, 0.25) is 0 Å². The molecule has 0 saturated carbocycles. The number of nitrogens with zero attached hydrogens (tertiary/aromatic N) is 4. The van der Waals surface area contributed by atoms with Gasteiger partial charge in [-0.1, -0.05) is 72.4 Å². The van der Waals surface area contributed by atoms with Crippen LogP contribution in [0.2, 0.25) is 0 Å². The number of aromatic nitrogens is 4. The van der Waals surface area contributed by atoms with E-state index in [2.05, 4.69) is 73.1 Å². The summed E-state index contributed by atoms with van der Waals surface area (Å²) in [4.78, 5) is 19.0. The Hall–Kier alpha value is -4.07. The van der Waals surface area contributed by atoms with Gasteiger partial charge in [0, 0.05) is 33.9 Å². The van der Waals surface area contributed by atoms with Crippen molar-refractivity contribution in [2.45, 2.75) is 44.6 Å². The molecule has 0 aliphatic carbocycles. The number of hydrogen-bond donors (Lipinski definition) is 0. The molecule has 7 heteroatoms. The molecule has 3 aromatic carbocycles. The molecule has 0 amide bonds. The Bertz CT molecular complexity index is 1840. The number of thiophene rings is 1. The van der Waals surface area contributed by atoms with Crippen LogP contribution in [0, 0.1) is 13.8 Å². The average Bonchev–Trinajstić information content (AvgIpc) is 3.68. The average molecular weight is 575 g/mol. The molecule has 0 fully saturated rings. The normalized spacial score (nSPS) is 11.4. The second kappa shape index (κ2) is 11.4. The molecule has 3 aromatic heterocycles. The summed E-state index contributed by atoms with van der Waals surface area (Å²) in [5.41, 5.74) is 7.91.